The average molecular weight is 202 g/mol. The van der Waals surface area contributed by atoms with Crippen LogP contribution in [0.3, 0.4) is 0 Å². The van der Waals surface area contributed by atoms with E-state index in [-0.39, 0.29) is 11.4 Å². The van der Waals surface area contributed by atoms with E-state index in [1.54, 1.807) is 0 Å². The summed E-state index contributed by atoms with van der Waals surface area (Å²) in [4.78, 5) is 0. The Balaban J connectivity index is 2.82. The van der Waals surface area contributed by atoms with Crippen molar-refractivity contribution in [3.05, 3.63) is 0 Å². The van der Waals surface area contributed by atoms with Crippen LogP contribution in [0.1, 0.15) is 0 Å². The van der Waals surface area contributed by atoms with Crippen molar-refractivity contribution in [1.29, 1.82) is 0 Å². The highest BCUT2D eigenvalue weighted by atomic mass is 32.9. The summed E-state index contributed by atoms with van der Waals surface area (Å²) in [5.41, 5.74) is -1.72. The van der Waals surface area contributed by atoms with Crippen LogP contribution in [-0.2, 0) is 16.3 Å². The van der Waals surface area contributed by atoms with Gasteiger partial charge in [0.25, 0.3) is 0 Å². The smallest absolute Gasteiger partial charge is 0.147 e. The van der Waals surface area contributed by atoms with Gasteiger partial charge in [-0.3, -0.25) is 0 Å². The molecule has 0 aromatic rings. The van der Waals surface area contributed by atoms with Crippen LogP contribution in [0.15, 0.2) is 0 Å². The molecule has 0 saturated carbocycles. The van der Waals surface area contributed by atoms with E-state index in [9.17, 15) is 0 Å². The summed E-state index contributed by atoms with van der Waals surface area (Å²) in [6, 6.07) is 0. The van der Waals surface area contributed by atoms with E-state index >= 15 is 0 Å². The van der Waals surface area contributed by atoms with Gasteiger partial charge in [0.15, 0.2) is 0 Å². The summed E-state index contributed by atoms with van der Waals surface area (Å²) in [6.45, 7) is 1.90. The van der Waals surface area contributed by atoms with Crippen LogP contribution >= 0.6 is 16.8 Å². The second-order valence-electron chi connectivity index (χ2n) is 2.16. The lowest BCUT2D eigenvalue weighted by molar-refractivity contribution is 0.317. The van der Waals surface area contributed by atoms with Crippen LogP contribution < -0.4 is 0 Å². The van der Waals surface area contributed by atoms with Crippen LogP contribution in [-0.4, -0.2) is 18.0 Å². The van der Waals surface area contributed by atoms with Crippen molar-refractivity contribution in [3.8, 4) is 24.7 Å². The van der Waals surface area contributed by atoms with Gasteiger partial charge in [-0.2, -0.15) is 0 Å². The molecular formula is C7H7OPS2. The molecule has 0 aromatic carbocycles. The third-order valence-electron chi connectivity index (χ3n) is 1.21. The normalized spacial score (nSPS) is 42.8. The van der Waals surface area contributed by atoms with Crippen LogP contribution in [0.4, 0.5) is 0 Å². The molecule has 1 aliphatic heterocycles. The molecular weight excluding hydrogens is 195 g/mol. The van der Waals surface area contributed by atoms with Crippen LogP contribution in [0, 0.1) is 24.7 Å². The second kappa shape index (κ2) is 3.21. The Hall–Kier alpha value is 0.0800. The molecule has 0 spiro atoms. The van der Waals surface area contributed by atoms with Gasteiger partial charge >= 0.3 is 0 Å². The second-order valence-corrected chi connectivity index (χ2v) is 10.1. The van der Waals surface area contributed by atoms with Gasteiger partial charge in [0.1, 0.15) is 16.8 Å². The molecule has 3 atom stereocenters. The van der Waals surface area contributed by atoms with Crippen molar-refractivity contribution in [2.45, 2.75) is 11.4 Å². The van der Waals surface area contributed by atoms with Gasteiger partial charge < -0.3 is 4.52 Å². The third-order valence-corrected chi connectivity index (χ3v) is 5.94. The van der Waals surface area contributed by atoms with Crippen molar-refractivity contribution >= 4 is 28.7 Å². The van der Waals surface area contributed by atoms with Gasteiger partial charge in [-0.15, -0.1) is 12.8 Å². The molecule has 3 unspecified atom stereocenters. The largest absolute Gasteiger partial charge is 0.324 e. The number of terminal acetylenes is 2. The van der Waals surface area contributed by atoms with Gasteiger partial charge in [0.2, 0.25) is 0 Å². The molecule has 1 nitrogen and oxygen atoms in total. The zero-order chi connectivity index (χ0) is 8.48. The molecule has 0 aromatic heterocycles. The SMILES string of the molecule is C#CC1OP(C)(=S)SC1C#C. The van der Waals surface area contributed by atoms with Crippen LogP contribution in [0.5, 0.6) is 0 Å². The maximum Gasteiger partial charge on any atom is 0.147 e. The Morgan fingerprint density at radius 3 is 2.55 bits per heavy atom. The molecule has 1 heterocycles. The van der Waals surface area contributed by atoms with Gasteiger partial charge in [-0.25, -0.2) is 0 Å². The van der Waals surface area contributed by atoms with Crippen molar-refractivity contribution in [3.63, 3.8) is 0 Å². The molecule has 1 aliphatic rings. The fourth-order valence-corrected chi connectivity index (χ4v) is 5.52. The minimum Gasteiger partial charge on any atom is -0.324 e. The average Bonchev–Trinajstić information content (AvgIpc) is 2.25. The lowest BCUT2D eigenvalue weighted by Gasteiger charge is -2.04. The molecule has 11 heavy (non-hydrogen) atoms. The first kappa shape index (κ1) is 9.17. The highest BCUT2D eigenvalue weighted by Gasteiger charge is 2.35. The Labute approximate surface area is 76.1 Å². The quantitative estimate of drug-likeness (QED) is 0.437. The topological polar surface area (TPSA) is 9.23 Å². The molecule has 58 valence electrons. The summed E-state index contributed by atoms with van der Waals surface area (Å²) < 4.78 is 5.41. The van der Waals surface area contributed by atoms with Gasteiger partial charge in [0, 0.05) is 0 Å². The summed E-state index contributed by atoms with van der Waals surface area (Å²) in [6.07, 6.45) is 10.2. The fourth-order valence-electron chi connectivity index (χ4n) is 0.784. The Morgan fingerprint density at radius 1 is 1.55 bits per heavy atom. The molecule has 0 bridgehead atoms. The van der Waals surface area contributed by atoms with Gasteiger partial charge in [-0.1, -0.05) is 35.0 Å². The lowest BCUT2D eigenvalue weighted by atomic mass is 10.3. The number of rotatable bonds is 0. The predicted octanol–water partition coefficient (Wildman–Crippen LogP) is 1.69. The molecule has 1 saturated heterocycles. The van der Waals surface area contributed by atoms with Crippen LogP contribution in [0.25, 0.3) is 0 Å². The van der Waals surface area contributed by atoms with E-state index in [0.29, 0.717) is 0 Å². The first-order valence-corrected chi connectivity index (χ1v) is 7.61. The zero-order valence-corrected chi connectivity index (χ0v) is 8.51. The number of hydrogen-bond acceptors (Lipinski definition) is 3. The van der Waals surface area contributed by atoms with Gasteiger partial charge in [-0.05, 0) is 6.66 Å². The molecule has 0 amide bonds. The van der Waals surface area contributed by atoms with E-state index in [1.165, 1.54) is 11.4 Å². The Kier molecular flexibility index (Phi) is 2.68. The van der Waals surface area contributed by atoms with E-state index in [1.807, 2.05) is 6.66 Å². The molecule has 4 heteroatoms. The fraction of sp³-hybridized carbons (Fsp3) is 0.429. The summed E-state index contributed by atoms with van der Waals surface area (Å²) in [7, 11) is 0. The maximum absolute atomic E-state index is 5.41. The maximum atomic E-state index is 5.41. The predicted molar refractivity (Wildman–Crippen MR) is 54.1 cm³/mol. The van der Waals surface area contributed by atoms with Crippen molar-refractivity contribution in [2.75, 3.05) is 6.66 Å². The molecule has 1 fully saturated rings. The zero-order valence-electron chi connectivity index (χ0n) is 5.98. The monoisotopic (exact) mass is 202 g/mol. The van der Waals surface area contributed by atoms with E-state index < -0.39 is 5.47 Å². The van der Waals surface area contributed by atoms with Crippen molar-refractivity contribution in [1.82, 2.24) is 0 Å². The minimum atomic E-state index is -1.72. The van der Waals surface area contributed by atoms with Crippen molar-refractivity contribution < 1.29 is 4.52 Å². The van der Waals surface area contributed by atoms with Gasteiger partial charge in [0.05, 0.1) is 0 Å². The Morgan fingerprint density at radius 2 is 2.18 bits per heavy atom. The molecule has 0 radical (unpaired) electrons. The highest BCUT2D eigenvalue weighted by molar-refractivity contribution is 8.69. The molecule has 1 rings (SSSR count). The first-order valence-electron chi connectivity index (χ1n) is 2.95. The molecule has 0 aliphatic carbocycles. The standard InChI is InChI=1S/C7H7OPS2/c1-4-6-7(5-2)11-9(3,10)8-6/h1-2,6-7H,3H3. The third kappa shape index (κ3) is 2.01. The van der Waals surface area contributed by atoms with E-state index in [2.05, 4.69) is 11.8 Å². The summed E-state index contributed by atoms with van der Waals surface area (Å²) in [5, 5.41) is -0.0455. The molecule has 0 N–H and O–H groups in total. The summed E-state index contributed by atoms with van der Waals surface area (Å²) in [5.74, 6) is 5.07. The van der Waals surface area contributed by atoms with E-state index in [4.69, 9.17) is 29.2 Å². The summed E-state index contributed by atoms with van der Waals surface area (Å²) >= 11 is 6.68. The highest BCUT2D eigenvalue weighted by Crippen LogP contribution is 2.65. The first-order chi connectivity index (χ1) is 5.09. The van der Waals surface area contributed by atoms with E-state index in [0.717, 1.165) is 0 Å². The number of hydrogen-bond donors (Lipinski definition) is 0. The lowest BCUT2D eigenvalue weighted by Crippen LogP contribution is -2.14. The Bertz CT molecular complexity index is 260. The van der Waals surface area contributed by atoms with Crippen molar-refractivity contribution in [2.24, 2.45) is 0 Å². The minimum absolute atomic E-state index is 0.0455. The van der Waals surface area contributed by atoms with Crippen LogP contribution in [0.2, 0.25) is 0 Å².